The van der Waals surface area contributed by atoms with E-state index in [1.165, 1.54) is 36.5 Å². The molecule has 164 valence electrons. The molecule has 2 N–H and O–H groups in total. The molecule has 0 unspecified atom stereocenters. The second kappa shape index (κ2) is 8.73. The Morgan fingerprint density at radius 3 is 2.38 bits per heavy atom. The second-order valence-corrected chi connectivity index (χ2v) is 10.0. The maximum Gasteiger partial charge on any atom is 0.267 e. The Morgan fingerprint density at radius 1 is 1.06 bits per heavy atom. The Morgan fingerprint density at radius 2 is 1.75 bits per heavy atom. The summed E-state index contributed by atoms with van der Waals surface area (Å²) in [6, 6.07) is 9.03. The van der Waals surface area contributed by atoms with E-state index in [4.69, 9.17) is 0 Å². The highest BCUT2D eigenvalue weighted by Crippen LogP contribution is 2.32. The van der Waals surface area contributed by atoms with Gasteiger partial charge in [0, 0.05) is 17.3 Å². The van der Waals surface area contributed by atoms with E-state index >= 15 is 0 Å². The van der Waals surface area contributed by atoms with Gasteiger partial charge in [0.1, 0.15) is 21.5 Å². The molecule has 4 rings (SSSR count). The molecule has 0 bridgehead atoms. The van der Waals surface area contributed by atoms with Crippen LogP contribution in [0, 0.1) is 18.6 Å². The number of benzene rings is 2. The van der Waals surface area contributed by atoms with Gasteiger partial charge in [-0.3, -0.25) is 9.52 Å². The molecule has 2 aromatic carbocycles. The number of nitrogens with zero attached hydrogens (tertiary/aromatic N) is 2. The third-order valence-electron chi connectivity index (χ3n) is 4.26. The van der Waals surface area contributed by atoms with Crippen LogP contribution in [0.3, 0.4) is 0 Å². The number of hydrogen-bond donors (Lipinski definition) is 2. The monoisotopic (exact) mass is 492 g/mol. The molecular weight excluding hydrogens is 478 g/mol. The number of aryl methyl sites for hydroxylation is 1. The summed E-state index contributed by atoms with van der Waals surface area (Å²) in [4.78, 5) is 20.9. The first-order chi connectivity index (χ1) is 15.2. The van der Waals surface area contributed by atoms with Crippen LogP contribution in [-0.2, 0) is 10.0 Å². The van der Waals surface area contributed by atoms with E-state index in [2.05, 4.69) is 20.0 Å². The molecule has 0 fully saturated rings. The van der Waals surface area contributed by atoms with Crippen molar-refractivity contribution in [2.75, 3.05) is 10.0 Å². The Labute approximate surface area is 189 Å². The summed E-state index contributed by atoms with van der Waals surface area (Å²) in [6.07, 6.45) is 1.48. The predicted molar refractivity (Wildman–Crippen MR) is 120 cm³/mol. The number of carbonyl (C=O) groups is 1. The Balaban J connectivity index is 1.52. The van der Waals surface area contributed by atoms with Crippen LogP contribution in [0.25, 0.3) is 10.6 Å². The summed E-state index contributed by atoms with van der Waals surface area (Å²) in [5, 5.41) is 4.57. The zero-order valence-corrected chi connectivity index (χ0v) is 18.7. The van der Waals surface area contributed by atoms with Crippen molar-refractivity contribution >= 4 is 49.4 Å². The van der Waals surface area contributed by atoms with E-state index in [-0.39, 0.29) is 25.5 Å². The number of halogens is 2. The molecule has 0 atom stereocenters. The fourth-order valence-corrected chi connectivity index (χ4v) is 5.57. The largest absolute Gasteiger partial charge is 0.321 e. The van der Waals surface area contributed by atoms with E-state index in [1.54, 1.807) is 12.3 Å². The van der Waals surface area contributed by atoms with Crippen molar-refractivity contribution in [3.05, 3.63) is 76.2 Å². The molecule has 0 aliphatic heterocycles. The van der Waals surface area contributed by atoms with E-state index < -0.39 is 27.6 Å². The topological polar surface area (TPSA) is 101 Å². The van der Waals surface area contributed by atoms with Crippen molar-refractivity contribution in [1.29, 1.82) is 0 Å². The Hall–Kier alpha value is -3.22. The van der Waals surface area contributed by atoms with E-state index in [9.17, 15) is 22.0 Å². The lowest BCUT2D eigenvalue weighted by atomic mass is 10.2. The second-order valence-electron chi connectivity index (χ2n) is 6.45. The van der Waals surface area contributed by atoms with Crippen LogP contribution in [0.4, 0.5) is 19.6 Å². The zero-order valence-electron chi connectivity index (χ0n) is 16.3. The van der Waals surface area contributed by atoms with Gasteiger partial charge in [0.2, 0.25) is 0 Å². The number of amides is 1. The first-order valence-electron chi connectivity index (χ1n) is 9.00. The van der Waals surface area contributed by atoms with Crippen molar-refractivity contribution in [3.8, 4) is 10.6 Å². The number of aromatic nitrogens is 2. The molecule has 7 nitrogen and oxygen atoms in total. The SMILES string of the molecule is Cc1nc(-c2c(F)cccc2F)sc1C(=O)Nc1ccc(S(=O)(=O)Nc2nccs2)cc1. The molecule has 0 saturated heterocycles. The van der Waals surface area contributed by atoms with Gasteiger partial charge in [-0.1, -0.05) is 6.07 Å². The first-order valence-corrected chi connectivity index (χ1v) is 12.2. The summed E-state index contributed by atoms with van der Waals surface area (Å²) >= 11 is 2.01. The third kappa shape index (κ3) is 4.52. The fraction of sp³-hybridized carbons (Fsp3) is 0.0500. The van der Waals surface area contributed by atoms with Gasteiger partial charge in [0.05, 0.1) is 16.2 Å². The summed E-state index contributed by atoms with van der Waals surface area (Å²) in [5.41, 5.74) is 0.369. The molecule has 4 aromatic rings. The molecule has 12 heteroatoms. The minimum atomic E-state index is -3.82. The molecule has 2 aromatic heterocycles. The summed E-state index contributed by atoms with van der Waals surface area (Å²) < 4.78 is 55.2. The van der Waals surface area contributed by atoms with Crippen LogP contribution in [0.15, 0.2) is 58.9 Å². The van der Waals surface area contributed by atoms with Crippen molar-refractivity contribution in [2.45, 2.75) is 11.8 Å². The van der Waals surface area contributed by atoms with Crippen LogP contribution in [-0.4, -0.2) is 24.3 Å². The molecule has 2 heterocycles. The van der Waals surface area contributed by atoms with Crippen LogP contribution in [0.5, 0.6) is 0 Å². The van der Waals surface area contributed by atoms with Gasteiger partial charge in [-0.25, -0.2) is 27.2 Å². The summed E-state index contributed by atoms with van der Waals surface area (Å²) in [6.45, 7) is 1.56. The van der Waals surface area contributed by atoms with Crippen molar-refractivity contribution in [1.82, 2.24) is 9.97 Å². The molecule has 0 saturated carbocycles. The van der Waals surface area contributed by atoms with Gasteiger partial charge >= 0.3 is 0 Å². The lowest BCUT2D eigenvalue weighted by molar-refractivity contribution is 0.103. The van der Waals surface area contributed by atoms with Gasteiger partial charge < -0.3 is 5.32 Å². The number of carbonyl (C=O) groups excluding carboxylic acids is 1. The van der Waals surface area contributed by atoms with Crippen LogP contribution < -0.4 is 10.0 Å². The maximum absolute atomic E-state index is 14.0. The number of nitrogens with one attached hydrogen (secondary N) is 2. The summed E-state index contributed by atoms with van der Waals surface area (Å²) in [7, 11) is -3.82. The van der Waals surface area contributed by atoms with Crippen LogP contribution in [0.1, 0.15) is 15.4 Å². The van der Waals surface area contributed by atoms with Gasteiger partial charge in [-0.2, -0.15) is 0 Å². The van der Waals surface area contributed by atoms with Crippen molar-refractivity contribution < 1.29 is 22.0 Å². The molecule has 0 radical (unpaired) electrons. The normalized spacial score (nSPS) is 11.3. The minimum absolute atomic E-state index is 0.00279. The van der Waals surface area contributed by atoms with E-state index in [0.29, 0.717) is 11.4 Å². The Kier molecular flexibility index (Phi) is 6.00. The van der Waals surface area contributed by atoms with Gasteiger partial charge in [-0.15, -0.1) is 22.7 Å². The summed E-state index contributed by atoms with van der Waals surface area (Å²) in [5.74, 6) is -2.07. The standard InChI is InChI=1S/C20H14F2N4O3S3/c1-11-17(31-19(24-11)16-14(21)3-2-4-15(16)22)18(27)25-12-5-7-13(8-6-12)32(28,29)26-20-23-9-10-30-20/h2-10H,1H3,(H,23,26)(H,25,27). The number of anilines is 2. The molecular formula is C20H14F2N4O3S3. The average molecular weight is 493 g/mol. The fourth-order valence-electron chi connectivity index (χ4n) is 2.77. The quantitative estimate of drug-likeness (QED) is 0.398. The smallest absolute Gasteiger partial charge is 0.267 e. The minimum Gasteiger partial charge on any atom is -0.321 e. The third-order valence-corrected chi connectivity index (χ3v) is 7.60. The first kappa shape index (κ1) is 22.0. The molecule has 0 aliphatic rings. The highest BCUT2D eigenvalue weighted by Gasteiger charge is 2.21. The highest BCUT2D eigenvalue weighted by atomic mass is 32.2. The van der Waals surface area contributed by atoms with Gasteiger partial charge in [-0.05, 0) is 43.3 Å². The van der Waals surface area contributed by atoms with E-state index in [1.807, 2.05) is 0 Å². The van der Waals surface area contributed by atoms with Crippen molar-refractivity contribution in [2.24, 2.45) is 0 Å². The number of hydrogen-bond acceptors (Lipinski definition) is 7. The van der Waals surface area contributed by atoms with Crippen LogP contribution >= 0.6 is 22.7 Å². The van der Waals surface area contributed by atoms with Crippen LogP contribution in [0.2, 0.25) is 0 Å². The molecule has 0 aliphatic carbocycles. The van der Waals surface area contributed by atoms with E-state index in [0.717, 1.165) is 34.8 Å². The number of sulfonamides is 1. The van der Waals surface area contributed by atoms with Gasteiger partial charge in [0.15, 0.2) is 5.13 Å². The highest BCUT2D eigenvalue weighted by molar-refractivity contribution is 7.93. The van der Waals surface area contributed by atoms with Crippen molar-refractivity contribution in [3.63, 3.8) is 0 Å². The average Bonchev–Trinajstić information content (AvgIpc) is 3.37. The molecule has 0 spiro atoms. The molecule has 32 heavy (non-hydrogen) atoms. The predicted octanol–water partition coefficient (Wildman–Crippen LogP) is 4.91. The number of thiazole rings is 2. The number of rotatable bonds is 6. The Bertz CT molecular complexity index is 1370. The lowest BCUT2D eigenvalue weighted by Gasteiger charge is -2.07. The lowest BCUT2D eigenvalue weighted by Crippen LogP contribution is -2.14. The maximum atomic E-state index is 14.0. The zero-order chi connectivity index (χ0) is 22.9. The van der Waals surface area contributed by atoms with Gasteiger partial charge in [0.25, 0.3) is 15.9 Å². The molecule has 1 amide bonds.